The van der Waals surface area contributed by atoms with Crippen molar-refractivity contribution in [1.29, 1.82) is 0 Å². The van der Waals surface area contributed by atoms with E-state index in [1.165, 1.54) is 19.3 Å². The van der Waals surface area contributed by atoms with Gasteiger partial charge >= 0.3 is 0 Å². The number of carbonyl (C=O) groups excluding carboxylic acids is 1. The molecule has 1 heterocycles. The van der Waals surface area contributed by atoms with Gasteiger partial charge in [0.15, 0.2) is 11.5 Å². The first-order valence-electron chi connectivity index (χ1n) is 8.17. The van der Waals surface area contributed by atoms with Crippen LogP contribution < -0.4 is 20.5 Å². The van der Waals surface area contributed by atoms with E-state index in [0.29, 0.717) is 34.9 Å². The summed E-state index contributed by atoms with van der Waals surface area (Å²) in [5.41, 5.74) is 6.78. The van der Waals surface area contributed by atoms with Gasteiger partial charge in [-0.15, -0.1) is 0 Å². The summed E-state index contributed by atoms with van der Waals surface area (Å²) in [7, 11) is 0. The quantitative estimate of drug-likeness (QED) is 0.877. The molecule has 3 N–H and O–H groups in total. The van der Waals surface area contributed by atoms with Crippen molar-refractivity contribution in [2.45, 2.75) is 44.2 Å². The Morgan fingerprint density at radius 2 is 1.86 bits per heavy atom. The summed E-state index contributed by atoms with van der Waals surface area (Å²) in [6.07, 6.45) is 5.68. The molecule has 0 saturated heterocycles. The maximum absolute atomic E-state index is 12.6. The Balaban J connectivity index is 1.49. The third kappa shape index (κ3) is 2.43. The fourth-order valence-electron chi connectivity index (χ4n) is 4.30. The smallest absolute Gasteiger partial charge is 0.251 e. The molecule has 0 spiro atoms. The molecule has 2 bridgehead atoms. The molecule has 0 radical (unpaired) electrons. The fourth-order valence-corrected chi connectivity index (χ4v) is 4.30. The summed E-state index contributed by atoms with van der Waals surface area (Å²) < 4.78 is 10.6. The molecule has 5 heteroatoms. The van der Waals surface area contributed by atoms with Gasteiger partial charge < -0.3 is 20.5 Å². The lowest BCUT2D eigenvalue weighted by atomic mass is 9.67. The SMILES string of the molecule is NC1CC2CCCC(C1)C2NC(=O)c1ccc2c(c1)OCO2. The summed E-state index contributed by atoms with van der Waals surface area (Å²) in [6, 6.07) is 5.94. The summed E-state index contributed by atoms with van der Waals surface area (Å²) in [5.74, 6) is 2.40. The van der Waals surface area contributed by atoms with Crippen molar-refractivity contribution in [2.75, 3.05) is 6.79 Å². The number of hydrogen-bond acceptors (Lipinski definition) is 4. The second-order valence-electron chi connectivity index (χ2n) is 6.75. The summed E-state index contributed by atoms with van der Waals surface area (Å²) in [5, 5.41) is 3.26. The minimum Gasteiger partial charge on any atom is -0.454 e. The molecule has 2 atom stereocenters. The molecule has 1 aliphatic heterocycles. The number of nitrogens with two attached hydrogens (primary N) is 1. The van der Waals surface area contributed by atoms with Crippen molar-refractivity contribution < 1.29 is 14.3 Å². The van der Waals surface area contributed by atoms with Gasteiger partial charge in [-0.05, 0) is 55.7 Å². The molecule has 2 fully saturated rings. The molecule has 2 aliphatic carbocycles. The summed E-state index contributed by atoms with van der Waals surface area (Å²) in [4.78, 5) is 12.6. The second-order valence-corrected chi connectivity index (χ2v) is 6.75. The van der Waals surface area contributed by atoms with Crippen LogP contribution in [0.4, 0.5) is 0 Å². The van der Waals surface area contributed by atoms with Crippen LogP contribution in [0.3, 0.4) is 0 Å². The lowest BCUT2D eigenvalue weighted by Gasteiger charge is -2.45. The van der Waals surface area contributed by atoms with Gasteiger partial charge in [0.2, 0.25) is 6.79 Å². The van der Waals surface area contributed by atoms with Crippen LogP contribution >= 0.6 is 0 Å². The van der Waals surface area contributed by atoms with Gasteiger partial charge in [-0.3, -0.25) is 4.79 Å². The number of nitrogens with one attached hydrogen (secondary N) is 1. The minimum absolute atomic E-state index is 0.0179. The molecule has 1 aromatic carbocycles. The predicted molar refractivity (Wildman–Crippen MR) is 81.9 cm³/mol. The number of fused-ring (bicyclic) bond motifs is 3. The van der Waals surface area contributed by atoms with E-state index in [9.17, 15) is 4.79 Å². The van der Waals surface area contributed by atoms with Gasteiger partial charge in [0, 0.05) is 17.6 Å². The molecule has 5 nitrogen and oxygen atoms in total. The summed E-state index contributed by atoms with van der Waals surface area (Å²) in [6.45, 7) is 0.227. The van der Waals surface area contributed by atoms with Crippen LogP contribution in [0.1, 0.15) is 42.5 Å². The van der Waals surface area contributed by atoms with Crippen LogP contribution in [0.2, 0.25) is 0 Å². The summed E-state index contributed by atoms with van der Waals surface area (Å²) >= 11 is 0. The number of benzene rings is 1. The molecule has 3 aliphatic rings. The van der Waals surface area contributed by atoms with E-state index in [-0.39, 0.29) is 18.7 Å². The van der Waals surface area contributed by atoms with E-state index in [1.54, 1.807) is 18.2 Å². The van der Waals surface area contributed by atoms with Crippen LogP contribution in [0.15, 0.2) is 18.2 Å². The van der Waals surface area contributed by atoms with Crippen molar-refractivity contribution in [1.82, 2.24) is 5.32 Å². The highest BCUT2D eigenvalue weighted by Crippen LogP contribution is 2.40. The topological polar surface area (TPSA) is 73.6 Å². The molecule has 1 amide bonds. The van der Waals surface area contributed by atoms with E-state index in [4.69, 9.17) is 15.2 Å². The first kappa shape index (κ1) is 13.9. The van der Waals surface area contributed by atoms with Crippen LogP contribution in [-0.4, -0.2) is 24.8 Å². The second kappa shape index (κ2) is 5.47. The molecular formula is C17H22N2O3. The lowest BCUT2D eigenvalue weighted by molar-refractivity contribution is 0.0755. The lowest BCUT2D eigenvalue weighted by Crippen LogP contribution is -2.53. The molecule has 4 rings (SSSR count). The average molecular weight is 302 g/mol. The third-order valence-corrected chi connectivity index (χ3v) is 5.31. The Morgan fingerprint density at radius 3 is 2.64 bits per heavy atom. The van der Waals surface area contributed by atoms with Gasteiger partial charge in [0.25, 0.3) is 5.91 Å². The Morgan fingerprint density at radius 1 is 1.14 bits per heavy atom. The van der Waals surface area contributed by atoms with Crippen molar-refractivity contribution >= 4 is 5.91 Å². The maximum atomic E-state index is 12.6. The molecule has 118 valence electrons. The first-order valence-corrected chi connectivity index (χ1v) is 8.17. The molecule has 0 aromatic heterocycles. The number of rotatable bonds is 2. The van der Waals surface area contributed by atoms with Gasteiger partial charge in [0.05, 0.1) is 0 Å². The Labute approximate surface area is 130 Å². The Bertz CT molecular complexity index is 575. The molecule has 22 heavy (non-hydrogen) atoms. The standard InChI is InChI=1S/C17H22N2O3/c18-13-6-10-2-1-3-11(7-13)16(10)19-17(20)12-4-5-14-15(8-12)22-9-21-14/h4-5,8,10-11,13,16H,1-3,6-7,9,18H2,(H,19,20). The van der Waals surface area contributed by atoms with E-state index in [1.807, 2.05) is 0 Å². The third-order valence-electron chi connectivity index (χ3n) is 5.31. The normalized spacial score (nSPS) is 32.6. The molecule has 2 unspecified atom stereocenters. The fraction of sp³-hybridized carbons (Fsp3) is 0.588. The zero-order chi connectivity index (χ0) is 15.1. The van der Waals surface area contributed by atoms with E-state index < -0.39 is 0 Å². The van der Waals surface area contributed by atoms with Gasteiger partial charge in [-0.2, -0.15) is 0 Å². The monoisotopic (exact) mass is 302 g/mol. The largest absolute Gasteiger partial charge is 0.454 e. The van der Waals surface area contributed by atoms with E-state index >= 15 is 0 Å². The van der Waals surface area contributed by atoms with Crippen LogP contribution in [0.25, 0.3) is 0 Å². The molecule has 1 aromatic rings. The van der Waals surface area contributed by atoms with Crippen LogP contribution in [0, 0.1) is 11.8 Å². The van der Waals surface area contributed by atoms with Crippen molar-refractivity contribution in [2.24, 2.45) is 17.6 Å². The minimum atomic E-state index is -0.0179. The van der Waals surface area contributed by atoms with E-state index in [0.717, 1.165) is 12.8 Å². The molecule has 2 saturated carbocycles. The average Bonchev–Trinajstić information content (AvgIpc) is 2.95. The number of ether oxygens (including phenoxy) is 2. The van der Waals surface area contributed by atoms with E-state index in [2.05, 4.69) is 5.32 Å². The highest BCUT2D eigenvalue weighted by atomic mass is 16.7. The number of carbonyl (C=O) groups is 1. The van der Waals surface area contributed by atoms with Gasteiger partial charge in [-0.25, -0.2) is 0 Å². The van der Waals surface area contributed by atoms with Crippen LogP contribution in [0.5, 0.6) is 11.5 Å². The predicted octanol–water partition coefficient (Wildman–Crippen LogP) is 2.05. The van der Waals surface area contributed by atoms with Gasteiger partial charge in [0.1, 0.15) is 0 Å². The highest BCUT2D eigenvalue weighted by Gasteiger charge is 2.40. The first-order chi connectivity index (χ1) is 10.7. The van der Waals surface area contributed by atoms with Crippen molar-refractivity contribution in [3.8, 4) is 11.5 Å². The maximum Gasteiger partial charge on any atom is 0.251 e. The van der Waals surface area contributed by atoms with Crippen molar-refractivity contribution in [3.63, 3.8) is 0 Å². The highest BCUT2D eigenvalue weighted by molar-refractivity contribution is 5.95. The molecular weight excluding hydrogens is 280 g/mol. The Kier molecular flexibility index (Phi) is 3.45. The van der Waals surface area contributed by atoms with Crippen molar-refractivity contribution in [3.05, 3.63) is 23.8 Å². The number of hydrogen-bond donors (Lipinski definition) is 2. The zero-order valence-electron chi connectivity index (χ0n) is 12.6. The Hall–Kier alpha value is -1.75. The zero-order valence-corrected chi connectivity index (χ0v) is 12.6. The van der Waals surface area contributed by atoms with Crippen LogP contribution in [-0.2, 0) is 0 Å². The number of amides is 1. The van der Waals surface area contributed by atoms with Gasteiger partial charge in [-0.1, -0.05) is 6.42 Å².